The number of hydrogen-bond donors (Lipinski definition) is 1. The van der Waals surface area contributed by atoms with Crippen molar-refractivity contribution in [1.82, 2.24) is 9.38 Å². The number of hydrogen-bond acceptors (Lipinski definition) is 5. The number of ether oxygens (including phenoxy) is 1. The second-order valence-electron chi connectivity index (χ2n) is 8.36. The summed E-state index contributed by atoms with van der Waals surface area (Å²) >= 11 is 0. The van der Waals surface area contributed by atoms with Crippen molar-refractivity contribution < 1.29 is 9.53 Å². The Morgan fingerprint density at radius 1 is 1.03 bits per heavy atom. The number of aryl methyl sites for hydroxylation is 4. The lowest BCUT2D eigenvalue weighted by atomic mass is 10.1. The van der Waals surface area contributed by atoms with E-state index < -0.39 is 11.5 Å². The Morgan fingerprint density at radius 3 is 2.54 bits per heavy atom. The summed E-state index contributed by atoms with van der Waals surface area (Å²) in [6, 6.07) is 18.2. The maximum Gasteiger partial charge on any atom is 0.269 e. The summed E-state index contributed by atoms with van der Waals surface area (Å²) in [5, 5.41) is 12.5. The molecule has 0 saturated carbocycles. The van der Waals surface area contributed by atoms with E-state index in [1.54, 1.807) is 36.5 Å². The van der Waals surface area contributed by atoms with Gasteiger partial charge in [0.2, 0.25) is 5.88 Å². The lowest BCUT2D eigenvalue weighted by Gasteiger charge is -2.12. The summed E-state index contributed by atoms with van der Waals surface area (Å²) in [7, 11) is 0. The first-order chi connectivity index (χ1) is 16.8. The number of carbonyl (C=O) groups is 1. The molecule has 2 heterocycles. The summed E-state index contributed by atoms with van der Waals surface area (Å²) in [6.07, 6.45) is 2.80. The van der Waals surface area contributed by atoms with Crippen LogP contribution < -0.4 is 15.6 Å². The Bertz CT molecular complexity index is 1590. The van der Waals surface area contributed by atoms with Gasteiger partial charge in [-0.1, -0.05) is 29.8 Å². The number of nitrogens with one attached hydrogen (secondary N) is 1. The molecule has 2 aromatic heterocycles. The highest BCUT2D eigenvalue weighted by atomic mass is 16.5. The molecule has 0 aliphatic rings. The maximum atomic E-state index is 13.4. The fraction of sp³-hybridized carbons (Fsp3) is 0.143. The topological polar surface area (TPSA) is 96.5 Å². The molecule has 174 valence electrons. The number of nitrogens with zero attached hydrogens (tertiary/aromatic N) is 3. The van der Waals surface area contributed by atoms with Crippen LogP contribution in [0.2, 0.25) is 0 Å². The van der Waals surface area contributed by atoms with Gasteiger partial charge in [-0.2, -0.15) is 10.2 Å². The van der Waals surface area contributed by atoms with Gasteiger partial charge in [-0.05, 0) is 80.8 Å². The molecule has 0 fully saturated rings. The molecule has 0 atom stereocenters. The van der Waals surface area contributed by atoms with Crippen molar-refractivity contribution in [3.05, 3.63) is 105 Å². The highest BCUT2D eigenvalue weighted by Gasteiger charge is 2.18. The largest absolute Gasteiger partial charge is 0.438 e. The van der Waals surface area contributed by atoms with E-state index in [1.165, 1.54) is 10.5 Å². The molecule has 4 rings (SSSR count). The van der Waals surface area contributed by atoms with Crippen LogP contribution >= 0.6 is 0 Å². The Morgan fingerprint density at radius 2 is 1.83 bits per heavy atom. The number of amides is 1. The van der Waals surface area contributed by atoms with Crippen LogP contribution in [0, 0.1) is 39.0 Å². The zero-order valence-corrected chi connectivity index (χ0v) is 19.9. The molecule has 0 unspecified atom stereocenters. The van der Waals surface area contributed by atoms with Crippen molar-refractivity contribution in [3.63, 3.8) is 0 Å². The molecule has 1 N–H and O–H groups in total. The quantitative estimate of drug-likeness (QED) is 0.321. The lowest BCUT2D eigenvalue weighted by Crippen LogP contribution is -2.20. The third kappa shape index (κ3) is 4.97. The summed E-state index contributed by atoms with van der Waals surface area (Å²) in [5.74, 6) is -0.0961. The zero-order chi connectivity index (χ0) is 25.1. The average Bonchev–Trinajstić information content (AvgIpc) is 2.83. The molecule has 0 aliphatic heterocycles. The third-order valence-electron chi connectivity index (χ3n) is 5.69. The fourth-order valence-corrected chi connectivity index (χ4v) is 3.61. The number of pyridine rings is 1. The third-order valence-corrected chi connectivity index (χ3v) is 5.69. The van der Waals surface area contributed by atoms with Gasteiger partial charge < -0.3 is 10.1 Å². The Hall–Kier alpha value is -4.70. The molecule has 7 nitrogen and oxygen atoms in total. The van der Waals surface area contributed by atoms with E-state index in [0.717, 1.165) is 22.3 Å². The van der Waals surface area contributed by atoms with Gasteiger partial charge >= 0.3 is 0 Å². The number of rotatable bonds is 5. The zero-order valence-electron chi connectivity index (χ0n) is 19.9. The van der Waals surface area contributed by atoms with Gasteiger partial charge in [0.05, 0.1) is 0 Å². The molecule has 0 aliphatic carbocycles. The molecule has 35 heavy (non-hydrogen) atoms. The van der Waals surface area contributed by atoms with Gasteiger partial charge in [0.15, 0.2) is 0 Å². The van der Waals surface area contributed by atoms with Gasteiger partial charge in [0, 0.05) is 11.9 Å². The number of nitriles is 1. The van der Waals surface area contributed by atoms with E-state index in [4.69, 9.17) is 4.74 Å². The van der Waals surface area contributed by atoms with Crippen molar-refractivity contribution in [2.24, 2.45) is 0 Å². The Labute approximate surface area is 203 Å². The SMILES string of the molecule is Cc1ccc(Oc2nc3ccccn3c(=O)c2/C=C(/C#N)C(=O)Nc2ccc(C)c(C)c2)c(C)c1. The number of aromatic nitrogens is 2. The number of benzene rings is 2. The van der Waals surface area contributed by atoms with Crippen molar-refractivity contribution >= 4 is 23.3 Å². The first-order valence-electron chi connectivity index (χ1n) is 11.0. The summed E-state index contributed by atoms with van der Waals surface area (Å²) in [5.41, 5.74) is 4.26. The van der Waals surface area contributed by atoms with Crippen molar-refractivity contribution in [1.29, 1.82) is 5.26 Å². The molecule has 4 aromatic rings. The van der Waals surface area contributed by atoms with E-state index in [9.17, 15) is 14.9 Å². The van der Waals surface area contributed by atoms with Gasteiger partial charge in [0.25, 0.3) is 11.5 Å². The first kappa shape index (κ1) is 23.5. The maximum absolute atomic E-state index is 13.4. The van der Waals surface area contributed by atoms with E-state index in [-0.39, 0.29) is 17.0 Å². The van der Waals surface area contributed by atoms with Crippen LogP contribution in [0.25, 0.3) is 11.7 Å². The molecule has 1 amide bonds. The van der Waals surface area contributed by atoms with Gasteiger partial charge in [0.1, 0.15) is 28.6 Å². The van der Waals surface area contributed by atoms with Crippen LogP contribution in [0.15, 0.2) is 71.2 Å². The van der Waals surface area contributed by atoms with Crippen molar-refractivity contribution in [3.8, 4) is 17.7 Å². The number of anilines is 1. The standard InChI is InChI=1S/C28H24N4O3/c1-17-8-11-24(20(4)13-17)35-27-23(28(34)32-12-6-5-7-25(32)31-27)15-21(16-29)26(33)30-22-10-9-18(2)19(3)14-22/h5-15H,1-4H3,(H,30,33)/b21-15-. The number of fused-ring (bicyclic) bond motifs is 1. The number of carbonyl (C=O) groups excluding carboxylic acids is 1. The summed E-state index contributed by atoms with van der Waals surface area (Å²) < 4.78 is 7.39. The fourth-order valence-electron chi connectivity index (χ4n) is 3.61. The minimum atomic E-state index is -0.634. The predicted octanol–water partition coefficient (Wildman–Crippen LogP) is 5.27. The van der Waals surface area contributed by atoms with Crippen LogP contribution in [-0.4, -0.2) is 15.3 Å². The van der Waals surface area contributed by atoms with Crippen LogP contribution in [0.3, 0.4) is 0 Å². The molecule has 0 spiro atoms. The van der Waals surface area contributed by atoms with Crippen molar-refractivity contribution in [2.45, 2.75) is 27.7 Å². The second-order valence-corrected chi connectivity index (χ2v) is 8.36. The highest BCUT2D eigenvalue weighted by molar-refractivity contribution is 6.09. The van der Waals surface area contributed by atoms with Gasteiger partial charge in [-0.15, -0.1) is 0 Å². The van der Waals surface area contributed by atoms with E-state index in [2.05, 4.69) is 10.3 Å². The molecular formula is C28H24N4O3. The molecule has 7 heteroatoms. The molecule has 0 saturated heterocycles. The lowest BCUT2D eigenvalue weighted by molar-refractivity contribution is -0.112. The van der Waals surface area contributed by atoms with Crippen LogP contribution in [-0.2, 0) is 4.79 Å². The second kappa shape index (κ2) is 9.65. The molecule has 2 aromatic carbocycles. The highest BCUT2D eigenvalue weighted by Crippen LogP contribution is 2.27. The summed E-state index contributed by atoms with van der Waals surface area (Å²) in [4.78, 5) is 30.8. The first-order valence-corrected chi connectivity index (χ1v) is 11.0. The van der Waals surface area contributed by atoms with Crippen LogP contribution in [0.4, 0.5) is 5.69 Å². The van der Waals surface area contributed by atoms with E-state index >= 15 is 0 Å². The molecular weight excluding hydrogens is 440 g/mol. The van der Waals surface area contributed by atoms with E-state index in [0.29, 0.717) is 17.1 Å². The van der Waals surface area contributed by atoms with Gasteiger partial charge in [-0.25, -0.2) is 0 Å². The predicted molar refractivity (Wildman–Crippen MR) is 136 cm³/mol. The van der Waals surface area contributed by atoms with Crippen molar-refractivity contribution in [2.75, 3.05) is 5.32 Å². The van der Waals surface area contributed by atoms with E-state index in [1.807, 2.05) is 58.0 Å². The van der Waals surface area contributed by atoms with Crippen LogP contribution in [0.5, 0.6) is 11.6 Å². The monoisotopic (exact) mass is 464 g/mol. The van der Waals surface area contributed by atoms with Crippen LogP contribution in [0.1, 0.15) is 27.8 Å². The smallest absolute Gasteiger partial charge is 0.269 e. The molecule has 0 bridgehead atoms. The Balaban J connectivity index is 1.80. The summed E-state index contributed by atoms with van der Waals surface area (Å²) in [6.45, 7) is 7.77. The van der Waals surface area contributed by atoms with Gasteiger partial charge in [-0.3, -0.25) is 14.0 Å². The molecule has 0 radical (unpaired) electrons. The minimum Gasteiger partial charge on any atom is -0.438 e. The normalized spacial score (nSPS) is 11.2. The average molecular weight is 465 g/mol. The Kier molecular flexibility index (Phi) is 6.47. The minimum absolute atomic E-state index is 0.000427.